The molecule has 1 unspecified atom stereocenters. The van der Waals surface area contributed by atoms with Gasteiger partial charge in [-0.25, -0.2) is 18.7 Å². The van der Waals surface area contributed by atoms with Gasteiger partial charge in [-0.05, 0) is 67.5 Å². The zero-order valence-corrected chi connectivity index (χ0v) is 25.4. The number of nitrogens with zero attached hydrogens (tertiary/aromatic N) is 1. The highest BCUT2D eigenvalue weighted by Gasteiger charge is 2.50. The van der Waals surface area contributed by atoms with Crippen LogP contribution in [0.3, 0.4) is 0 Å². The van der Waals surface area contributed by atoms with Crippen LogP contribution >= 0.6 is 23.1 Å². The molecule has 0 spiro atoms. The Labute approximate surface area is 249 Å². The average Bonchev–Trinajstić information content (AvgIpc) is 3.46. The first kappa shape index (κ1) is 29.8. The third-order valence-electron chi connectivity index (χ3n) is 7.64. The van der Waals surface area contributed by atoms with E-state index in [1.54, 1.807) is 40.9 Å². The van der Waals surface area contributed by atoms with Gasteiger partial charge in [0.05, 0.1) is 12.2 Å². The van der Waals surface area contributed by atoms with Crippen LogP contribution in [0.5, 0.6) is 0 Å². The van der Waals surface area contributed by atoms with Crippen LogP contribution in [-0.2, 0) is 29.0 Å². The summed E-state index contributed by atoms with van der Waals surface area (Å²) in [6.45, 7) is 0.808. The molecule has 3 heterocycles. The van der Waals surface area contributed by atoms with E-state index in [1.165, 1.54) is 11.3 Å². The second kappa shape index (κ2) is 13.1. The number of amides is 2. The normalized spacial score (nSPS) is 22.6. The number of ether oxygens (including phenoxy) is 1. The summed E-state index contributed by atoms with van der Waals surface area (Å²) >= 11 is 3.03. The summed E-state index contributed by atoms with van der Waals surface area (Å²) < 4.78 is 32.3. The molecule has 0 radical (unpaired) electrons. The van der Waals surface area contributed by atoms with Crippen LogP contribution in [-0.4, -0.2) is 63.1 Å². The maximum Gasteiger partial charge on any atom is 0.253 e. The van der Waals surface area contributed by atoms with Crippen molar-refractivity contribution < 1.29 is 27.6 Å². The van der Waals surface area contributed by atoms with Gasteiger partial charge in [0.15, 0.2) is 16.1 Å². The number of rotatable bonds is 8. The Bertz CT molecular complexity index is 1450. The highest BCUT2D eigenvalue weighted by molar-refractivity contribution is 7.98. The van der Waals surface area contributed by atoms with Gasteiger partial charge in [0.1, 0.15) is 4.75 Å². The van der Waals surface area contributed by atoms with Crippen LogP contribution in [0.4, 0.5) is 0 Å². The highest BCUT2D eigenvalue weighted by atomic mass is 32.2. The van der Waals surface area contributed by atoms with Crippen molar-refractivity contribution in [1.29, 1.82) is 0 Å². The Balaban J connectivity index is 1.45. The number of thioether (sulfide) groups is 1. The second-order valence-electron chi connectivity index (χ2n) is 10.2. The smallest absolute Gasteiger partial charge is 0.253 e. The number of nitrogens with one attached hydrogen (secondary N) is 1. The van der Waals surface area contributed by atoms with E-state index in [9.17, 15) is 18.0 Å². The van der Waals surface area contributed by atoms with E-state index in [0.717, 1.165) is 28.2 Å². The van der Waals surface area contributed by atoms with Crippen molar-refractivity contribution in [3.8, 4) is 10.4 Å². The first-order chi connectivity index (χ1) is 19.8. The lowest BCUT2D eigenvalue weighted by Gasteiger charge is -2.31. The first-order valence-electron chi connectivity index (χ1n) is 13.7. The van der Waals surface area contributed by atoms with Crippen LogP contribution < -0.4 is 5.48 Å². The van der Waals surface area contributed by atoms with Gasteiger partial charge in [0.2, 0.25) is 5.91 Å². The molecule has 2 aromatic carbocycles. The summed E-state index contributed by atoms with van der Waals surface area (Å²) in [5.74, 6) is -1.01. The monoisotopic (exact) mass is 614 g/mol. The third kappa shape index (κ3) is 6.70. The minimum Gasteiger partial charge on any atom is -0.350 e. The minimum absolute atomic E-state index is 0.0558. The number of hydroxylamine groups is 1. The van der Waals surface area contributed by atoms with E-state index < -0.39 is 26.8 Å². The molecule has 0 saturated carbocycles. The summed E-state index contributed by atoms with van der Waals surface area (Å²) in [6.07, 6.45) is 3.76. The molecule has 5 rings (SSSR count). The lowest BCUT2D eigenvalue weighted by molar-refractivity contribution is -0.200. The fraction of sp³-hybridized carbons (Fsp3) is 0.400. The molecule has 41 heavy (non-hydrogen) atoms. The van der Waals surface area contributed by atoms with Crippen LogP contribution in [0.25, 0.3) is 10.4 Å². The van der Waals surface area contributed by atoms with Crippen LogP contribution in [0.2, 0.25) is 0 Å². The molecule has 2 fully saturated rings. The number of hydrogen-bond acceptors (Lipinski definition) is 8. The van der Waals surface area contributed by atoms with Crippen molar-refractivity contribution in [2.24, 2.45) is 0 Å². The standard InChI is InChI=1S/C30H34N2O6S3/c1-39-24-12-10-22(11-13-24)25-14-15-26(40-25)30(21-27(33)31-38-28-9-5-6-19-37-28)16-17-32(18-20-41(30,35)36)29(34)23-7-3-2-4-8-23/h2-4,7-8,10-15,28H,5-6,9,16-21H2,1H3,(H,31,33)/t28?,30-/m0/s1. The zero-order chi connectivity index (χ0) is 28.9. The fourth-order valence-electron chi connectivity index (χ4n) is 5.26. The van der Waals surface area contributed by atoms with E-state index in [1.807, 2.05) is 48.7 Å². The molecule has 8 nitrogen and oxygen atoms in total. The number of carbonyl (C=O) groups is 2. The SMILES string of the molecule is CSc1ccc(-c2ccc([C@@]3(CC(=O)NOC4CCCCO4)CCN(C(=O)c4ccccc4)CCS3(=O)=O)s2)cc1. The molecule has 11 heteroatoms. The Hall–Kier alpha value is -2.70. The van der Waals surface area contributed by atoms with Crippen LogP contribution in [0, 0.1) is 0 Å². The number of hydrogen-bond donors (Lipinski definition) is 1. The van der Waals surface area contributed by atoms with Gasteiger partial charge in [0, 0.05) is 46.3 Å². The molecule has 218 valence electrons. The summed E-state index contributed by atoms with van der Waals surface area (Å²) in [5.41, 5.74) is 3.93. The third-order valence-corrected chi connectivity index (χ3v) is 12.3. The molecule has 2 amide bonds. The first-order valence-corrected chi connectivity index (χ1v) is 17.4. The Morgan fingerprint density at radius 2 is 1.85 bits per heavy atom. The van der Waals surface area contributed by atoms with Crippen molar-refractivity contribution in [3.63, 3.8) is 0 Å². The number of benzene rings is 2. The van der Waals surface area contributed by atoms with Gasteiger partial charge in [-0.3, -0.25) is 9.59 Å². The summed E-state index contributed by atoms with van der Waals surface area (Å²) in [4.78, 5) is 36.3. The van der Waals surface area contributed by atoms with Crippen LogP contribution in [0.1, 0.15) is 47.3 Å². The molecule has 2 aliphatic heterocycles. The van der Waals surface area contributed by atoms with Gasteiger partial charge in [-0.2, -0.15) is 0 Å². The molecule has 1 aromatic heterocycles. The lowest BCUT2D eigenvalue weighted by atomic mass is 9.97. The van der Waals surface area contributed by atoms with E-state index in [0.29, 0.717) is 23.5 Å². The maximum absolute atomic E-state index is 14.1. The number of thiophene rings is 1. The maximum atomic E-state index is 14.1. The van der Waals surface area contributed by atoms with Gasteiger partial charge in [0.25, 0.3) is 5.91 Å². The molecule has 2 aliphatic rings. The fourth-order valence-corrected chi connectivity index (χ4v) is 9.28. The summed E-state index contributed by atoms with van der Waals surface area (Å²) in [7, 11) is -3.88. The Morgan fingerprint density at radius 1 is 1.07 bits per heavy atom. The van der Waals surface area contributed by atoms with E-state index in [4.69, 9.17) is 9.57 Å². The molecule has 1 N–H and O–H groups in total. The number of sulfone groups is 1. The highest BCUT2D eigenvalue weighted by Crippen LogP contribution is 2.45. The van der Waals surface area contributed by atoms with E-state index >= 15 is 0 Å². The lowest BCUT2D eigenvalue weighted by Crippen LogP contribution is -2.43. The molecule has 2 atom stereocenters. The second-order valence-corrected chi connectivity index (χ2v) is 14.6. The summed E-state index contributed by atoms with van der Waals surface area (Å²) in [6, 6.07) is 20.7. The van der Waals surface area contributed by atoms with Gasteiger partial charge in [-0.15, -0.1) is 23.1 Å². The summed E-state index contributed by atoms with van der Waals surface area (Å²) in [5, 5.41) is 0. The van der Waals surface area contributed by atoms with Crippen molar-refractivity contribution in [2.45, 2.75) is 48.0 Å². The van der Waals surface area contributed by atoms with Gasteiger partial charge < -0.3 is 9.64 Å². The number of carbonyl (C=O) groups excluding carboxylic acids is 2. The largest absolute Gasteiger partial charge is 0.350 e. The van der Waals surface area contributed by atoms with E-state index in [2.05, 4.69) is 5.48 Å². The quantitative estimate of drug-likeness (QED) is 0.273. The van der Waals surface area contributed by atoms with Gasteiger partial charge >= 0.3 is 0 Å². The Kier molecular flexibility index (Phi) is 9.50. The van der Waals surface area contributed by atoms with Crippen molar-refractivity contribution in [3.05, 3.63) is 77.2 Å². The average molecular weight is 615 g/mol. The molecule has 0 bridgehead atoms. The molecule has 3 aromatic rings. The zero-order valence-electron chi connectivity index (χ0n) is 22.9. The Morgan fingerprint density at radius 3 is 2.56 bits per heavy atom. The van der Waals surface area contributed by atoms with Crippen LogP contribution in [0.15, 0.2) is 71.6 Å². The predicted molar refractivity (Wildman–Crippen MR) is 161 cm³/mol. The molecule has 0 aliphatic carbocycles. The van der Waals surface area contributed by atoms with Crippen molar-refractivity contribution in [2.75, 3.05) is 31.7 Å². The van der Waals surface area contributed by atoms with Crippen molar-refractivity contribution in [1.82, 2.24) is 10.4 Å². The minimum atomic E-state index is -3.88. The molecule has 2 saturated heterocycles. The van der Waals surface area contributed by atoms with Gasteiger partial charge in [-0.1, -0.05) is 30.3 Å². The van der Waals surface area contributed by atoms with Crippen molar-refractivity contribution >= 4 is 44.8 Å². The van der Waals surface area contributed by atoms with E-state index in [-0.39, 0.29) is 37.6 Å². The molecular weight excluding hydrogens is 581 g/mol. The topological polar surface area (TPSA) is 102 Å². The molecular formula is C30H34N2O6S3. The predicted octanol–water partition coefficient (Wildman–Crippen LogP) is 5.26.